The second-order valence-corrected chi connectivity index (χ2v) is 5.82. The first kappa shape index (κ1) is 17.3. The maximum atomic E-state index is 14.2. The van der Waals surface area contributed by atoms with E-state index in [1.54, 1.807) is 13.8 Å². The SMILES string of the molecule is C=C(Cl)COc1cc(N2C(=O)OC(=C(C)C)C2=O)c(F)cc1Cl. The zero-order valence-electron chi connectivity index (χ0n) is 12.3. The van der Waals surface area contributed by atoms with Crippen molar-refractivity contribution in [2.24, 2.45) is 0 Å². The van der Waals surface area contributed by atoms with E-state index in [1.807, 2.05) is 0 Å². The fourth-order valence-electron chi connectivity index (χ4n) is 1.84. The van der Waals surface area contributed by atoms with Crippen LogP contribution in [0.2, 0.25) is 5.02 Å². The van der Waals surface area contributed by atoms with Gasteiger partial charge in [0.15, 0.2) is 5.76 Å². The van der Waals surface area contributed by atoms with Crippen LogP contribution in [0.25, 0.3) is 0 Å². The molecule has 0 spiro atoms. The number of allylic oxidation sites excluding steroid dienone is 1. The van der Waals surface area contributed by atoms with Gasteiger partial charge in [0.25, 0.3) is 0 Å². The second kappa shape index (κ2) is 6.60. The lowest BCUT2D eigenvalue weighted by molar-refractivity contribution is -0.114. The molecule has 0 bridgehead atoms. The predicted molar refractivity (Wildman–Crippen MR) is 84.2 cm³/mol. The molecule has 2 rings (SSSR count). The summed E-state index contributed by atoms with van der Waals surface area (Å²) in [6.45, 7) is 6.58. The minimum Gasteiger partial charge on any atom is -0.486 e. The molecule has 5 nitrogen and oxygen atoms in total. The van der Waals surface area contributed by atoms with Crippen molar-refractivity contribution >= 4 is 40.9 Å². The molecule has 1 aliphatic rings. The largest absolute Gasteiger partial charge is 0.486 e. The number of hydrogen-bond donors (Lipinski definition) is 0. The van der Waals surface area contributed by atoms with Gasteiger partial charge in [-0.15, -0.1) is 0 Å². The smallest absolute Gasteiger partial charge is 0.427 e. The zero-order valence-corrected chi connectivity index (χ0v) is 13.8. The molecular formula is C15H12Cl2FNO4. The molecule has 0 aromatic heterocycles. The molecule has 1 heterocycles. The highest BCUT2D eigenvalue weighted by Crippen LogP contribution is 2.36. The maximum absolute atomic E-state index is 14.2. The molecule has 1 aliphatic heterocycles. The number of cyclic esters (lactones) is 1. The van der Waals surface area contributed by atoms with Crippen molar-refractivity contribution in [3.63, 3.8) is 0 Å². The first-order valence-electron chi connectivity index (χ1n) is 6.41. The number of hydrogen-bond acceptors (Lipinski definition) is 4. The Labute approximate surface area is 141 Å². The van der Waals surface area contributed by atoms with E-state index in [-0.39, 0.29) is 33.9 Å². The van der Waals surface area contributed by atoms with Crippen LogP contribution in [0.4, 0.5) is 14.9 Å². The van der Waals surface area contributed by atoms with E-state index in [0.717, 1.165) is 12.1 Å². The minimum atomic E-state index is -1.000. The summed E-state index contributed by atoms with van der Waals surface area (Å²) in [5, 5.41) is 0.169. The number of imide groups is 1. The van der Waals surface area contributed by atoms with Gasteiger partial charge in [-0.2, -0.15) is 0 Å². The van der Waals surface area contributed by atoms with Gasteiger partial charge in [-0.3, -0.25) is 4.79 Å². The van der Waals surface area contributed by atoms with E-state index in [0.29, 0.717) is 10.5 Å². The third-order valence-corrected chi connectivity index (χ3v) is 3.25. The number of amides is 2. The Morgan fingerprint density at radius 3 is 2.57 bits per heavy atom. The summed E-state index contributed by atoms with van der Waals surface area (Å²) in [7, 11) is 0. The Morgan fingerprint density at radius 1 is 1.39 bits per heavy atom. The van der Waals surface area contributed by atoms with E-state index in [9.17, 15) is 14.0 Å². The lowest BCUT2D eigenvalue weighted by Gasteiger charge is -2.14. The van der Waals surface area contributed by atoms with Gasteiger partial charge >= 0.3 is 12.0 Å². The molecule has 1 fully saturated rings. The fourth-order valence-corrected chi connectivity index (χ4v) is 2.10. The Morgan fingerprint density at radius 2 is 2.04 bits per heavy atom. The van der Waals surface area contributed by atoms with E-state index >= 15 is 0 Å². The monoisotopic (exact) mass is 359 g/mol. The van der Waals surface area contributed by atoms with Crippen LogP contribution >= 0.6 is 23.2 Å². The molecule has 0 aliphatic carbocycles. The van der Waals surface area contributed by atoms with Crippen LogP contribution in [0, 0.1) is 5.82 Å². The average molecular weight is 360 g/mol. The molecular weight excluding hydrogens is 348 g/mol. The van der Waals surface area contributed by atoms with E-state index in [1.165, 1.54) is 0 Å². The Hall–Kier alpha value is -2.05. The minimum absolute atomic E-state index is 0.0355. The first-order chi connectivity index (χ1) is 10.7. The third kappa shape index (κ3) is 3.48. The molecule has 1 aromatic rings. The Balaban J connectivity index is 2.45. The van der Waals surface area contributed by atoms with Crippen molar-refractivity contribution < 1.29 is 23.5 Å². The Kier molecular flexibility index (Phi) is 4.97. The van der Waals surface area contributed by atoms with Gasteiger partial charge in [-0.1, -0.05) is 29.8 Å². The van der Waals surface area contributed by atoms with Crippen LogP contribution in [0.15, 0.2) is 35.1 Å². The summed E-state index contributed by atoms with van der Waals surface area (Å²) in [6, 6.07) is 2.06. The summed E-state index contributed by atoms with van der Waals surface area (Å²) in [4.78, 5) is 24.7. The summed E-state index contributed by atoms with van der Waals surface area (Å²) < 4.78 is 24.3. The number of rotatable bonds is 4. The number of halogens is 3. The van der Waals surface area contributed by atoms with Crippen molar-refractivity contribution in [2.45, 2.75) is 13.8 Å². The lowest BCUT2D eigenvalue weighted by atomic mass is 10.2. The summed E-state index contributed by atoms with van der Waals surface area (Å²) >= 11 is 11.5. The molecule has 0 atom stereocenters. The van der Waals surface area contributed by atoms with Gasteiger partial charge in [0.1, 0.15) is 18.2 Å². The summed E-state index contributed by atoms with van der Waals surface area (Å²) in [5.74, 6) is -1.71. The van der Waals surface area contributed by atoms with Crippen molar-refractivity contribution in [1.82, 2.24) is 0 Å². The summed E-state index contributed by atoms with van der Waals surface area (Å²) in [5.41, 5.74) is 0.172. The van der Waals surface area contributed by atoms with Crippen LogP contribution in [0.5, 0.6) is 5.75 Å². The number of carbonyl (C=O) groups is 2. The molecule has 8 heteroatoms. The van der Waals surface area contributed by atoms with Crippen molar-refractivity contribution in [3.8, 4) is 5.75 Å². The molecule has 0 radical (unpaired) electrons. The van der Waals surface area contributed by atoms with E-state index in [2.05, 4.69) is 6.58 Å². The number of anilines is 1. The third-order valence-electron chi connectivity index (χ3n) is 2.85. The van der Waals surface area contributed by atoms with E-state index in [4.69, 9.17) is 32.7 Å². The van der Waals surface area contributed by atoms with Crippen LogP contribution in [-0.4, -0.2) is 18.6 Å². The quantitative estimate of drug-likeness (QED) is 0.748. The average Bonchev–Trinajstić information content (AvgIpc) is 2.74. The Bertz CT molecular complexity index is 741. The molecule has 0 saturated carbocycles. The molecule has 0 unspecified atom stereocenters. The first-order valence-corrected chi connectivity index (χ1v) is 7.16. The molecule has 1 aromatic carbocycles. The predicted octanol–water partition coefficient (Wildman–Crippen LogP) is 4.39. The normalized spacial score (nSPS) is 14.1. The van der Waals surface area contributed by atoms with Crippen molar-refractivity contribution in [3.05, 3.63) is 45.9 Å². The van der Waals surface area contributed by atoms with Gasteiger partial charge in [-0.05, 0) is 25.5 Å². The standard InChI is InChI=1S/C15H12Cl2FNO4/c1-7(2)13-14(20)19(15(21)23-13)11-5-12(22-6-8(3)16)9(17)4-10(11)18/h4-5H,3,6H2,1-2H3. The molecule has 23 heavy (non-hydrogen) atoms. The molecule has 0 N–H and O–H groups in total. The van der Waals surface area contributed by atoms with Crippen LogP contribution < -0.4 is 9.64 Å². The lowest BCUT2D eigenvalue weighted by Crippen LogP contribution is -2.29. The van der Waals surface area contributed by atoms with Crippen molar-refractivity contribution in [1.29, 1.82) is 0 Å². The topological polar surface area (TPSA) is 55.8 Å². The van der Waals surface area contributed by atoms with Crippen LogP contribution in [0.1, 0.15) is 13.8 Å². The molecule has 1 saturated heterocycles. The van der Waals surface area contributed by atoms with Crippen molar-refractivity contribution in [2.75, 3.05) is 11.5 Å². The van der Waals surface area contributed by atoms with Gasteiger partial charge in [0.2, 0.25) is 0 Å². The summed E-state index contributed by atoms with van der Waals surface area (Å²) in [6.07, 6.45) is -1.000. The number of ether oxygens (including phenoxy) is 2. The van der Waals surface area contributed by atoms with Crippen LogP contribution in [0.3, 0.4) is 0 Å². The highest BCUT2D eigenvalue weighted by Gasteiger charge is 2.40. The van der Waals surface area contributed by atoms with Gasteiger partial charge in [0, 0.05) is 11.1 Å². The van der Waals surface area contributed by atoms with Gasteiger partial charge < -0.3 is 9.47 Å². The number of carbonyl (C=O) groups excluding carboxylic acids is 2. The van der Waals surface area contributed by atoms with E-state index < -0.39 is 17.8 Å². The molecule has 122 valence electrons. The number of benzene rings is 1. The molecule has 2 amide bonds. The highest BCUT2D eigenvalue weighted by molar-refractivity contribution is 6.32. The number of nitrogens with zero attached hydrogens (tertiary/aromatic N) is 1. The second-order valence-electron chi connectivity index (χ2n) is 4.88. The van der Waals surface area contributed by atoms with Gasteiger partial charge in [0.05, 0.1) is 10.7 Å². The fraction of sp³-hybridized carbons (Fsp3) is 0.200. The maximum Gasteiger partial charge on any atom is 0.427 e. The highest BCUT2D eigenvalue weighted by atomic mass is 35.5. The zero-order chi connectivity index (χ0) is 17.3. The van der Waals surface area contributed by atoms with Gasteiger partial charge in [-0.25, -0.2) is 14.1 Å². The van der Waals surface area contributed by atoms with Crippen LogP contribution in [-0.2, 0) is 9.53 Å².